The molecule has 0 aromatic heterocycles. The second-order valence-corrected chi connectivity index (χ2v) is 9.52. The van der Waals surface area contributed by atoms with Gasteiger partial charge in [-0.1, -0.05) is 79.9 Å². The van der Waals surface area contributed by atoms with Crippen LogP contribution in [0.4, 0.5) is 5.69 Å². The van der Waals surface area contributed by atoms with Gasteiger partial charge in [-0.25, -0.2) is 0 Å². The van der Waals surface area contributed by atoms with E-state index in [1.807, 2.05) is 0 Å². The molecule has 2 aliphatic heterocycles. The fourth-order valence-corrected chi connectivity index (χ4v) is 6.28. The summed E-state index contributed by atoms with van der Waals surface area (Å²) in [4.78, 5) is 5.64. The van der Waals surface area contributed by atoms with E-state index < -0.39 is 0 Å². The van der Waals surface area contributed by atoms with Crippen LogP contribution < -0.4 is 4.90 Å². The van der Waals surface area contributed by atoms with Crippen LogP contribution in [0.2, 0.25) is 0 Å². The van der Waals surface area contributed by atoms with Gasteiger partial charge in [0.1, 0.15) is 0 Å². The zero-order valence-electron chi connectivity index (χ0n) is 18.1. The highest BCUT2D eigenvalue weighted by molar-refractivity contribution is 5.57. The molecule has 2 fully saturated rings. The Morgan fingerprint density at radius 1 is 0.897 bits per heavy atom. The molecular formula is C27H34N2. The molecule has 0 bridgehead atoms. The number of aryl methyl sites for hydroxylation is 1. The summed E-state index contributed by atoms with van der Waals surface area (Å²) >= 11 is 0. The molecular weight excluding hydrogens is 352 g/mol. The van der Waals surface area contributed by atoms with Crippen molar-refractivity contribution in [3.05, 3.63) is 77.9 Å². The van der Waals surface area contributed by atoms with Gasteiger partial charge in [-0.05, 0) is 56.7 Å². The van der Waals surface area contributed by atoms with E-state index in [9.17, 15) is 0 Å². The minimum Gasteiger partial charge on any atom is -0.351 e. The zero-order chi connectivity index (χ0) is 20.0. The summed E-state index contributed by atoms with van der Waals surface area (Å²) in [6.45, 7) is 7.15. The van der Waals surface area contributed by atoms with Gasteiger partial charge in [0, 0.05) is 11.7 Å². The fourth-order valence-electron chi connectivity index (χ4n) is 6.28. The van der Waals surface area contributed by atoms with Crippen LogP contribution in [0.15, 0.2) is 66.7 Å². The number of hydrogen-bond acceptors (Lipinski definition) is 2. The van der Waals surface area contributed by atoms with Gasteiger partial charge in [-0.3, -0.25) is 4.90 Å². The highest BCUT2D eigenvalue weighted by Gasteiger charge is 2.56. The third-order valence-corrected chi connectivity index (χ3v) is 7.80. The van der Waals surface area contributed by atoms with Crippen molar-refractivity contribution in [1.82, 2.24) is 4.90 Å². The summed E-state index contributed by atoms with van der Waals surface area (Å²) in [6, 6.07) is 21.1. The van der Waals surface area contributed by atoms with Crippen molar-refractivity contribution in [3.8, 4) is 0 Å². The molecule has 1 aliphatic carbocycles. The Kier molecular flexibility index (Phi) is 4.78. The van der Waals surface area contributed by atoms with Crippen LogP contribution in [0.5, 0.6) is 0 Å². The highest BCUT2D eigenvalue weighted by Crippen LogP contribution is 2.50. The number of rotatable bonds is 3. The molecule has 0 N–H and O–H groups in total. The van der Waals surface area contributed by atoms with E-state index in [-0.39, 0.29) is 5.54 Å². The Bertz CT molecular complexity index is 882. The molecule has 3 unspecified atom stereocenters. The Balaban J connectivity index is 1.63. The normalized spacial score (nSPS) is 32.7. The summed E-state index contributed by atoms with van der Waals surface area (Å²) < 4.78 is 0. The van der Waals surface area contributed by atoms with Crippen molar-refractivity contribution in [2.75, 3.05) is 4.90 Å². The molecule has 2 heteroatoms. The van der Waals surface area contributed by atoms with Crippen LogP contribution in [0.25, 0.3) is 0 Å². The monoisotopic (exact) mass is 386 g/mol. The summed E-state index contributed by atoms with van der Waals surface area (Å²) in [7, 11) is 0. The van der Waals surface area contributed by atoms with Gasteiger partial charge < -0.3 is 4.90 Å². The molecule has 3 aliphatic rings. The fraction of sp³-hybridized carbons (Fsp3) is 0.481. The van der Waals surface area contributed by atoms with Crippen molar-refractivity contribution in [2.24, 2.45) is 5.92 Å². The van der Waals surface area contributed by atoms with Crippen molar-refractivity contribution in [2.45, 2.75) is 76.7 Å². The van der Waals surface area contributed by atoms with Gasteiger partial charge in [0.15, 0.2) is 0 Å². The van der Waals surface area contributed by atoms with Gasteiger partial charge in [0.2, 0.25) is 0 Å². The number of nitrogens with zero attached hydrogens (tertiary/aromatic N) is 2. The first kappa shape index (κ1) is 18.9. The van der Waals surface area contributed by atoms with Gasteiger partial charge in [-0.2, -0.15) is 0 Å². The maximum Gasteiger partial charge on any atom is 0.0868 e. The van der Waals surface area contributed by atoms with Crippen LogP contribution in [0, 0.1) is 12.8 Å². The first-order valence-electron chi connectivity index (χ1n) is 11.5. The van der Waals surface area contributed by atoms with E-state index in [0.29, 0.717) is 18.2 Å². The molecule has 1 saturated heterocycles. The zero-order valence-corrected chi connectivity index (χ0v) is 18.1. The molecule has 2 aromatic rings. The average Bonchev–Trinajstić information content (AvgIpc) is 3.26. The Morgan fingerprint density at radius 2 is 1.59 bits per heavy atom. The van der Waals surface area contributed by atoms with Gasteiger partial charge in [0.05, 0.1) is 17.7 Å². The maximum atomic E-state index is 2.86. The average molecular weight is 387 g/mol. The molecule has 0 amide bonds. The smallest absolute Gasteiger partial charge is 0.0868 e. The van der Waals surface area contributed by atoms with Crippen molar-refractivity contribution in [3.63, 3.8) is 0 Å². The molecule has 29 heavy (non-hydrogen) atoms. The third-order valence-electron chi connectivity index (χ3n) is 7.80. The lowest BCUT2D eigenvalue weighted by atomic mass is 9.83. The van der Waals surface area contributed by atoms with E-state index in [2.05, 4.69) is 97.3 Å². The summed E-state index contributed by atoms with van der Waals surface area (Å²) in [5, 5.41) is 0. The first-order valence-corrected chi connectivity index (χ1v) is 11.5. The number of fused-ring (bicyclic) bond motifs is 1. The molecule has 0 spiro atoms. The maximum absolute atomic E-state index is 2.86. The summed E-state index contributed by atoms with van der Waals surface area (Å²) in [5.74, 6) is 0.735. The van der Waals surface area contributed by atoms with E-state index in [1.54, 1.807) is 0 Å². The molecule has 2 nitrogen and oxygen atoms in total. The van der Waals surface area contributed by atoms with Crippen LogP contribution in [-0.2, 0) is 5.54 Å². The van der Waals surface area contributed by atoms with Crippen molar-refractivity contribution in [1.29, 1.82) is 0 Å². The Morgan fingerprint density at radius 3 is 2.31 bits per heavy atom. The van der Waals surface area contributed by atoms with E-state index in [0.717, 1.165) is 5.92 Å². The Labute approximate surface area is 176 Å². The van der Waals surface area contributed by atoms with E-state index in [4.69, 9.17) is 0 Å². The molecule has 0 radical (unpaired) electrons. The van der Waals surface area contributed by atoms with E-state index in [1.165, 1.54) is 48.9 Å². The van der Waals surface area contributed by atoms with Gasteiger partial charge in [0.25, 0.3) is 0 Å². The van der Waals surface area contributed by atoms with Crippen molar-refractivity contribution < 1.29 is 0 Å². The molecule has 4 atom stereocenters. The first-order chi connectivity index (χ1) is 14.1. The molecule has 1 saturated carbocycles. The lowest BCUT2D eigenvalue weighted by molar-refractivity contribution is 0.0704. The van der Waals surface area contributed by atoms with Crippen molar-refractivity contribution >= 4 is 5.69 Å². The number of anilines is 1. The predicted octanol–water partition coefficient (Wildman–Crippen LogP) is 6.27. The predicted molar refractivity (Wildman–Crippen MR) is 122 cm³/mol. The number of benzene rings is 2. The summed E-state index contributed by atoms with van der Waals surface area (Å²) in [5.41, 5.74) is 4.19. The second-order valence-electron chi connectivity index (χ2n) is 9.52. The Hall–Kier alpha value is -2.06. The lowest BCUT2D eigenvalue weighted by Gasteiger charge is -2.46. The van der Waals surface area contributed by atoms with Gasteiger partial charge >= 0.3 is 0 Å². The van der Waals surface area contributed by atoms with Crippen LogP contribution in [0.3, 0.4) is 0 Å². The van der Waals surface area contributed by atoms with Crippen LogP contribution in [0.1, 0.15) is 57.1 Å². The number of hydrogen-bond donors (Lipinski definition) is 0. The largest absolute Gasteiger partial charge is 0.351 e. The molecule has 2 heterocycles. The molecule has 2 aromatic carbocycles. The number of para-hydroxylation sites is 1. The SMILES string of the molecule is Cc1ccccc1N1C(C2CCCCC2)N2C(C=CC2(C)c2ccccc2)[C@@H]1C. The minimum atomic E-state index is -0.0419. The lowest BCUT2D eigenvalue weighted by Crippen LogP contribution is -2.53. The van der Waals surface area contributed by atoms with E-state index >= 15 is 0 Å². The topological polar surface area (TPSA) is 6.48 Å². The summed E-state index contributed by atoms with van der Waals surface area (Å²) in [6.07, 6.45) is 12.3. The van der Waals surface area contributed by atoms with Gasteiger partial charge in [-0.15, -0.1) is 0 Å². The quantitative estimate of drug-likeness (QED) is 0.574. The second kappa shape index (κ2) is 7.32. The molecule has 152 valence electrons. The minimum absolute atomic E-state index is 0.0419. The molecule has 5 rings (SSSR count). The van der Waals surface area contributed by atoms with Crippen LogP contribution in [-0.4, -0.2) is 23.1 Å². The standard InChI is InChI=1S/C27H34N2/c1-20-12-10-11-17-24(20)28-21(2)25-18-19-27(3,23-15-8-5-9-16-23)29(25)26(28)22-13-6-4-7-14-22/h5,8-12,15-19,21-22,25-26H,4,6-7,13-14H2,1-3H3/t21-,25?,26?,27?/m0/s1. The third kappa shape index (κ3) is 2.95. The highest BCUT2D eigenvalue weighted by atomic mass is 15.5. The van der Waals surface area contributed by atoms with Crippen LogP contribution >= 0.6 is 0 Å².